The van der Waals surface area contributed by atoms with Crippen molar-refractivity contribution >= 4 is 28.9 Å². The minimum atomic E-state index is 0.264. The summed E-state index contributed by atoms with van der Waals surface area (Å²) in [7, 11) is 0. The number of carbonyl (C=O) groups excluding carboxylic acids is 1. The van der Waals surface area contributed by atoms with Gasteiger partial charge >= 0.3 is 0 Å². The molecule has 0 fully saturated rings. The number of aldehydes is 1. The van der Waals surface area contributed by atoms with Gasteiger partial charge in [0.15, 0.2) is 17.3 Å². The number of halogens is 1. The monoisotopic (exact) mass is 181 g/mol. The van der Waals surface area contributed by atoms with Gasteiger partial charge in [0, 0.05) is 6.20 Å². The molecule has 4 nitrogen and oxygen atoms in total. The molecule has 5 heteroatoms. The minimum Gasteiger partial charge on any atom is -0.336 e. The first-order valence-electron chi connectivity index (χ1n) is 3.26. The molecule has 2 aromatic heterocycles. The Morgan fingerprint density at radius 3 is 3.08 bits per heavy atom. The number of fused-ring (bicyclic) bond motifs is 1. The Bertz CT molecular complexity index is 437. The quantitative estimate of drug-likeness (QED) is 0.535. The molecule has 0 aliphatic heterocycles. The van der Waals surface area contributed by atoms with Crippen LogP contribution in [-0.4, -0.2) is 21.2 Å². The van der Waals surface area contributed by atoms with E-state index in [0.717, 1.165) is 5.52 Å². The summed E-state index contributed by atoms with van der Waals surface area (Å²) >= 11 is 5.72. The van der Waals surface area contributed by atoms with Crippen LogP contribution in [0.25, 0.3) is 11.0 Å². The second-order valence-electron chi connectivity index (χ2n) is 2.24. The number of rotatable bonds is 1. The zero-order valence-corrected chi connectivity index (χ0v) is 6.67. The van der Waals surface area contributed by atoms with E-state index in [1.807, 2.05) is 0 Å². The number of hydrogen-bond acceptors (Lipinski definition) is 3. The van der Waals surface area contributed by atoms with Crippen molar-refractivity contribution in [1.82, 2.24) is 15.0 Å². The van der Waals surface area contributed by atoms with E-state index in [2.05, 4.69) is 15.0 Å². The third kappa shape index (κ3) is 0.967. The van der Waals surface area contributed by atoms with Crippen molar-refractivity contribution in [3.05, 3.63) is 23.2 Å². The van der Waals surface area contributed by atoms with Crippen molar-refractivity contribution in [2.75, 3.05) is 0 Å². The van der Waals surface area contributed by atoms with Crippen LogP contribution in [0.5, 0.6) is 0 Å². The van der Waals surface area contributed by atoms with Gasteiger partial charge < -0.3 is 4.98 Å². The highest BCUT2D eigenvalue weighted by atomic mass is 35.5. The van der Waals surface area contributed by atoms with E-state index < -0.39 is 0 Å². The maximum absolute atomic E-state index is 10.3. The fourth-order valence-corrected chi connectivity index (χ4v) is 1.18. The van der Waals surface area contributed by atoms with Gasteiger partial charge in [0.2, 0.25) is 0 Å². The van der Waals surface area contributed by atoms with E-state index in [4.69, 9.17) is 11.6 Å². The van der Waals surface area contributed by atoms with Gasteiger partial charge in [0.05, 0.1) is 5.52 Å². The highest BCUT2D eigenvalue weighted by Crippen LogP contribution is 2.17. The number of pyridine rings is 1. The van der Waals surface area contributed by atoms with Crippen LogP contribution in [0.4, 0.5) is 0 Å². The van der Waals surface area contributed by atoms with Crippen LogP contribution in [-0.2, 0) is 0 Å². The Labute approximate surface area is 72.6 Å². The average molecular weight is 182 g/mol. The zero-order valence-electron chi connectivity index (χ0n) is 5.91. The van der Waals surface area contributed by atoms with E-state index in [9.17, 15) is 4.79 Å². The summed E-state index contributed by atoms with van der Waals surface area (Å²) in [6.07, 6.45) is 2.19. The number of carbonyl (C=O) groups is 1. The van der Waals surface area contributed by atoms with E-state index in [1.54, 1.807) is 12.3 Å². The molecule has 60 valence electrons. The molecule has 0 bridgehead atoms. The van der Waals surface area contributed by atoms with Gasteiger partial charge in [-0.2, -0.15) is 0 Å². The Balaban J connectivity index is 2.82. The molecule has 0 saturated heterocycles. The van der Waals surface area contributed by atoms with Crippen LogP contribution in [0.15, 0.2) is 12.3 Å². The van der Waals surface area contributed by atoms with Gasteiger partial charge in [-0.05, 0) is 6.07 Å². The second kappa shape index (κ2) is 2.57. The number of hydrogen-bond donors (Lipinski definition) is 1. The molecule has 2 heterocycles. The van der Waals surface area contributed by atoms with Crippen LogP contribution < -0.4 is 0 Å². The largest absolute Gasteiger partial charge is 0.336 e. The van der Waals surface area contributed by atoms with E-state index >= 15 is 0 Å². The first-order valence-corrected chi connectivity index (χ1v) is 3.64. The highest BCUT2D eigenvalue weighted by Gasteiger charge is 2.04. The summed E-state index contributed by atoms with van der Waals surface area (Å²) in [6.45, 7) is 0. The van der Waals surface area contributed by atoms with Crippen LogP contribution in [0, 0.1) is 0 Å². The van der Waals surface area contributed by atoms with E-state index in [1.165, 1.54) is 0 Å². The van der Waals surface area contributed by atoms with Crippen LogP contribution in [0.3, 0.4) is 0 Å². The second-order valence-corrected chi connectivity index (χ2v) is 2.60. The predicted octanol–water partition coefficient (Wildman–Crippen LogP) is 1.42. The Morgan fingerprint density at radius 2 is 2.42 bits per heavy atom. The van der Waals surface area contributed by atoms with Gasteiger partial charge in [-0.15, -0.1) is 0 Å². The molecule has 0 aliphatic rings. The van der Waals surface area contributed by atoms with Crippen molar-refractivity contribution in [3.8, 4) is 0 Å². The number of H-pyrrole nitrogens is 1. The molecule has 0 saturated carbocycles. The SMILES string of the molecule is O=Cc1nc2c(Cl)nccc2[nH]1. The highest BCUT2D eigenvalue weighted by molar-refractivity contribution is 6.33. The summed E-state index contributed by atoms with van der Waals surface area (Å²) in [5.41, 5.74) is 1.25. The first-order chi connectivity index (χ1) is 5.81. The molecule has 0 atom stereocenters. The standard InChI is InChI=1S/C7H4ClN3O/c8-7-6-4(1-2-9-7)10-5(3-12)11-6/h1-3H,(H,10,11). The smallest absolute Gasteiger partial charge is 0.185 e. The Morgan fingerprint density at radius 1 is 1.58 bits per heavy atom. The van der Waals surface area contributed by atoms with Crippen LogP contribution in [0.1, 0.15) is 10.6 Å². The maximum Gasteiger partial charge on any atom is 0.185 e. The third-order valence-electron chi connectivity index (χ3n) is 1.49. The summed E-state index contributed by atoms with van der Waals surface area (Å²) < 4.78 is 0. The number of nitrogens with one attached hydrogen (secondary N) is 1. The normalized spacial score (nSPS) is 10.4. The minimum absolute atomic E-state index is 0.264. The molecule has 0 unspecified atom stereocenters. The van der Waals surface area contributed by atoms with Crippen molar-refractivity contribution in [1.29, 1.82) is 0 Å². The first kappa shape index (κ1) is 7.24. The fourth-order valence-electron chi connectivity index (χ4n) is 0.978. The zero-order chi connectivity index (χ0) is 8.55. The number of aromatic nitrogens is 3. The lowest BCUT2D eigenvalue weighted by molar-refractivity contribution is 0.111. The van der Waals surface area contributed by atoms with Gasteiger partial charge in [-0.25, -0.2) is 9.97 Å². The van der Waals surface area contributed by atoms with Gasteiger partial charge in [-0.3, -0.25) is 4.79 Å². The number of nitrogens with zero attached hydrogens (tertiary/aromatic N) is 2. The molecule has 0 spiro atoms. The Kier molecular flexibility index (Phi) is 1.55. The maximum atomic E-state index is 10.3. The van der Waals surface area contributed by atoms with Gasteiger partial charge in [0.25, 0.3) is 0 Å². The lowest BCUT2D eigenvalue weighted by atomic mass is 10.4. The molecule has 2 aromatic rings. The molecular weight excluding hydrogens is 178 g/mol. The van der Waals surface area contributed by atoms with Crippen LogP contribution >= 0.6 is 11.6 Å². The van der Waals surface area contributed by atoms with E-state index in [0.29, 0.717) is 17.0 Å². The summed E-state index contributed by atoms with van der Waals surface area (Å²) in [6, 6.07) is 1.71. The Hall–Kier alpha value is -1.42. The number of aromatic amines is 1. The number of imidazole rings is 1. The van der Waals surface area contributed by atoms with Crippen molar-refractivity contribution in [2.24, 2.45) is 0 Å². The van der Waals surface area contributed by atoms with Crippen molar-refractivity contribution in [2.45, 2.75) is 0 Å². The molecule has 0 radical (unpaired) electrons. The van der Waals surface area contributed by atoms with Gasteiger partial charge in [0.1, 0.15) is 5.52 Å². The summed E-state index contributed by atoms with van der Waals surface area (Å²) in [5.74, 6) is 0.264. The predicted molar refractivity (Wildman–Crippen MR) is 44.3 cm³/mol. The molecular formula is C7H4ClN3O. The lowest BCUT2D eigenvalue weighted by Crippen LogP contribution is -1.79. The molecule has 2 rings (SSSR count). The third-order valence-corrected chi connectivity index (χ3v) is 1.76. The molecule has 0 aromatic carbocycles. The molecule has 12 heavy (non-hydrogen) atoms. The lowest BCUT2D eigenvalue weighted by Gasteiger charge is -1.87. The van der Waals surface area contributed by atoms with Crippen LogP contribution in [0.2, 0.25) is 5.15 Å². The van der Waals surface area contributed by atoms with Gasteiger partial charge in [-0.1, -0.05) is 11.6 Å². The van der Waals surface area contributed by atoms with Crippen molar-refractivity contribution < 1.29 is 4.79 Å². The molecule has 1 N–H and O–H groups in total. The average Bonchev–Trinajstić information content (AvgIpc) is 2.49. The molecule has 0 aliphatic carbocycles. The van der Waals surface area contributed by atoms with E-state index in [-0.39, 0.29) is 5.82 Å². The summed E-state index contributed by atoms with van der Waals surface area (Å²) in [4.78, 5) is 20.8. The fraction of sp³-hybridized carbons (Fsp3) is 0. The topological polar surface area (TPSA) is 58.6 Å². The van der Waals surface area contributed by atoms with Crippen molar-refractivity contribution in [3.63, 3.8) is 0 Å². The summed E-state index contributed by atoms with van der Waals surface area (Å²) in [5, 5.41) is 0.303. The molecule has 0 amide bonds.